The molecule has 0 radical (unpaired) electrons. The van der Waals surface area contributed by atoms with E-state index in [9.17, 15) is 13.6 Å². The van der Waals surface area contributed by atoms with Gasteiger partial charge in [0.2, 0.25) is 0 Å². The second-order valence-electron chi connectivity index (χ2n) is 3.23. The Labute approximate surface area is 69.3 Å². The molecule has 0 heterocycles. The number of rotatable bonds is 3. The van der Waals surface area contributed by atoms with Crippen molar-refractivity contribution in [3.63, 3.8) is 0 Å². The second kappa shape index (κ2) is 3.35. The Bertz CT molecular complexity index is 180. The van der Waals surface area contributed by atoms with Gasteiger partial charge in [0.25, 0.3) is 5.91 Å². The molecule has 1 aliphatic carbocycles. The molecular weight excluding hydrogens is 166 g/mol. The minimum Gasteiger partial charge on any atom is -0.349 e. The normalized spacial score (nSPS) is 20.3. The molecule has 1 saturated carbocycles. The number of halogens is 2. The Hall–Kier alpha value is -0.710. The Morgan fingerprint density at radius 1 is 1.58 bits per heavy atom. The molecule has 1 aliphatic rings. The molecule has 0 aromatic heterocycles. The van der Waals surface area contributed by atoms with Crippen LogP contribution in [0, 0.1) is 0 Å². The summed E-state index contributed by atoms with van der Waals surface area (Å²) in [5.41, 5.74) is 5.27. The van der Waals surface area contributed by atoms with Crippen molar-refractivity contribution in [1.82, 2.24) is 5.32 Å². The zero-order chi connectivity index (χ0) is 9.19. The maximum absolute atomic E-state index is 11.7. The van der Waals surface area contributed by atoms with E-state index in [1.807, 2.05) is 0 Å². The SMILES string of the molecule is NC1(CNC(=O)C(F)F)CCC1. The van der Waals surface area contributed by atoms with Crippen molar-refractivity contribution < 1.29 is 13.6 Å². The highest BCUT2D eigenvalue weighted by Gasteiger charge is 2.33. The molecule has 0 atom stereocenters. The van der Waals surface area contributed by atoms with Crippen LogP contribution in [-0.2, 0) is 4.79 Å². The zero-order valence-electron chi connectivity index (χ0n) is 6.65. The largest absolute Gasteiger partial charge is 0.349 e. The van der Waals surface area contributed by atoms with E-state index in [0.717, 1.165) is 19.3 Å². The zero-order valence-corrected chi connectivity index (χ0v) is 6.65. The molecule has 0 saturated heterocycles. The molecule has 5 heteroatoms. The number of carbonyl (C=O) groups is 1. The molecule has 70 valence electrons. The summed E-state index contributed by atoms with van der Waals surface area (Å²) in [7, 11) is 0. The van der Waals surface area contributed by atoms with Crippen molar-refractivity contribution in [2.75, 3.05) is 6.54 Å². The average Bonchev–Trinajstić information content (AvgIpc) is 1.96. The van der Waals surface area contributed by atoms with Crippen molar-refractivity contribution in [2.45, 2.75) is 31.2 Å². The number of hydrogen-bond donors (Lipinski definition) is 2. The lowest BCUT2D eigenvalue weighted by atomic mass is 9.78. The molecule has 0 aromatic carbocycles. The van der Waals surface area contributed by atoms with Crippen LogP contribution >= 0.6 is 0 Å². The van der Waals surface area contributed by atoms with E-state index in [2.05, 4.69) is 5.32 Å². The molecule has 0 unspecified atom stereocenters. The number of alkyl halides is 2. The van der Waals surface area contributed by atoms with Crippen LogP contribution in [0.2, 0.25) is 0 Å². The van der Waals surface area contributed by atoms with Crippen LogP contribution in [0.5, 0.6) is 0 Å². The summed E-state index contributed by atoms with van der Waals surface area (Å²) >= 11 is 0. The topological polar surface area (TPSA) is 55.1 Å². The third kappa shape index (κ3) is 2.14. The Morgan fingerprint density at radius 3 is 2.50 bits per heavy atom. The van der Waals surface area contributed by atoms with E-state index >= 15 is 0 Å². The summed E-state index contributed by atoms with van der Waals surface area (Å²) in [6, 6.07) is 0. The first-order valence-corrected chi connectivity index (χ1v) is 3.88. The Morgan fingerprint density at radius 2 is 2.17 bits per heavy atom. The van der Waals surface area contributed by atoms with Gasteiger partial charge in [-0.15, -0.1) is 0 Å². The quantitative estimate of drug-likeness (QED) is 0.650. The van der Waals surface area contributed by atoms with E-state index in [1.54, 1.807) is 0 Å². The maximum Gasteiger partial charge on any atom is 0.315 e. The third-order valence-electron chi connectivity index (χ3n) is 2.16. The van der Waals surface area contributed by atoms with Gasteiger partial charge in [0.1, 0.15) is 0 Å². The molecule has 1 amide bonds. The standard InChI is InChI=1S/C7H12F2N2O/c8-5(9)6(12)11-4-7(10)2-1-3-7/h5H,1-4,10H2,(H,11,12). The molecular formula is C7H12F2N2O. The van der Waals surface area contributed by atoms with Crippen LogP contribution in [-0.4, -0.2) is 24.4 Å². The lowest BCUT2D eigenvalue weighted by Crippen LogP contribution is -2.55. The third-order valence-corrected chi connectivity index (χ3v) is 2.16. The van der Waals surface area contributed by atoms with Gasteiger partial charge in [0.05, 0.1) is 0 Å². The smallest absolute Gasteiger partial charge is 0.315 e. The fraction of sp³-hybridized carbons (Fsp3) is 0.857. The first-order chi connectivity index (χ1) is 5.53. The fourth-order valence-electron chi connectivity index (χ4n) is 1.15. The first kappa shape index (κ1) is 9.38. The van der Waals surface area contributed by atoms with Gasteiger partial charge in [-0.1, -0.05) is 0 Å². The first-order valence-electron chi connectivity index (χ1n) is 3.88. The Balaban J connectivity index is 2.21. The van der Waals surface area contributed by atoms with Gasteiger partial charge >= 0.3 is 6.43 Å². The van der Waals surface area contributed by atoms with Gasteiger partial charge in [0.15, 0.2) is 0 Å². The van der Waals surface area contributed by atoms with E-state index in [4.69, 9.17) is 5.73 Å². The second-order valence-corrected chi connectivity index (χ2v) is 3.23. The molecule has 0 spiro atoms. The number of amides is 1. The molecule has 0 aromatic rings. The van der Waals surface area contributed by atoms with E-state index in [-0.39, 0.29) is 6.54 Å². The van der Waals surface area contributed by atoms with Gasteiger partial charge in [-0.25, -0.2) is 0 Å². The summed E-state index contributed by atoms with van der Waals surface area (Å²) in [6.45, 7) is 0.163. The lowest BCUT2D eigenvalue weighted by Gasteiger charge is -2.38. The number of carbonyl (C=O) groups excluding carboxylic acids is 1. The summed E-state index contributed by atoms with van der Waals surface area (Å²) < 4.78 is 23.3. The Kier molecular flexibility index (Phi) is 2.62. The van der Waals surface area contributed by atoms with Gasteiger partial charge in [-0.3, -0.25) is 4.79 Å². The molecule has 0 bridgehead atoms. The van der Waals surface area contributed by atoms with Crippen molar-refractivity contribution in [3.8, 4) is 0 Å². The molecule has 0 aliphatic heterocycles. The van der Waals surface area contributed by atoms with Crippen LogP contribution in [0.1, 0.15) is 19.3 Å². The number of hydrogen-bond acceptors (Lipinski definition) is 2. The molecule has 1 fully saturated rings. The predicted molar refractivity (Wildman–Crippen MR) is 39.8 cm³/mol. The van der Waals surface area contributed by atoms with E-state index in [0.29, 0.717) is 0 Å². The van der Waals surface area contributed by atoms with Gasteiger partial charge in [0, 0.05) is 12.1 Å². The average molecular weight is 178 g/mol. The van der Waals surface area contributed by atoms with Crippen LogP contribution in [0.25, 0.3) is 0 Å². The van der Waals surface area contributed by atoms with E-state index in [1.165, 1.54) is 0 Å². The van der Waals surface area contributed by atoms with Crippen molar-refractivity contribution in [2.24, 2.45) is 5.73 Å². The molecule has 3 nitrogen and oxygen atoms in total. The van der Waals surface area contributed by atoms with E-state index < -0.39 is 17.9 Å². The highest BCUT2D eigenvalue weighted by molar-refractivity contribution is 5.79. The van der Waals surface area contributed by atoms with Crippen LogP contribution in [0.3, 0.4) is 0 Å². The fourth-order valence-corrected chi connectivity index (χ4v) is 1.15. The summed E-state index contributed by atoms with van der Waals surface area (Å²) in [6.07, 6.45) is -0.317. The van der Waals surface area contributed by atoms with Gasteiger partial charge in [-0.05, 0) is 19.3 Å². The molecule has 1 rings (SSSR count). The van der Waals surface area contributed by atoms with Gasteiger partial charge in [-0.2, -0.15) is 8.78 Å². The van der Waals surface area contributed by atoms with Crippen molar-refractivity contribution in [1.29, 1.82) is 0 Å². The van der Waals surface area contributed by atoms with Gasteiger partial charge < -0.3 is 11.1 Å². The number of nitrogens with one attached hydrogen (secondary N) is 1. The minimum absolute atomic E-state index is 0.163. The van der Waals surface area contributed by atoms with Crippen LogP contribution < -0.4 is 11.1 Å². The summed E-state index contributed by atoms with van der Waals surface area (Å²) in [5, 5.41) is 2.11. The molecule has 3 N–H and O–H groups in total. The minimum atomic E-state index is -2.94. The van der Waals surface area contributed by atoms with Crippen molar-refractivity contribution >= 4 is 5.91 Å². The highest BCUT2D eigenvalue weighted by atomic mass is 19.3. The molecule has 12 heavy (non-hydrogen) atoms. The maximum atomic E-state index is 11.7. The van der Waals surface area contributed by atoms with Crippen molar-refractivity contribution in [3.05, 3.63) is 0 Å². The summed E-state index contributed by atoms with van der Waals surface area (Å²) in [4.78, 5) is 10.4. The summed E-state index contributed by atoms with van der Waals surface area (Å²) in [5.74, 6) is -1.23. The predicted octanol–water partition coefficient (Wildman–Crippen LogP) is 0.249. The highest BCUT2D eigenvalue weighted by Crippen LogP contribution is 2.27. The lowest BCUT2D eigenvalue weighted by molar-refractivity contribution is -0.132. The van der Waals surface area contributed by atoms with Crippen LogP contribution in [0.15, 0.2) is 0 Å². The van der Waals surface area contributed by atoms with Crippen LogP contribution in [0.4, 0.5) is 8.78 Å². The number of nitrogens with two attached hydrogens (primary N) is 1. The monoisotopic (exact) mass is 178 g/mol.